The molecule has 3 aromatic rings. The van der Waals surface area contributed by atoms with Crippen molar-refractivity contribution in [1.29, 1.82) is 0 Å². The lowest BCUT2D eigenvalue weighted by Gasteiger charge is -2.08. The molecule has 0 spiro atoms. The molecule has 2 aromatic carbocycles. The number of aryl methyl sites for hydroxylation is 1. The minimum atomic E-state index is -0.432. The van der Waals surface area contributed by atoms with Crippen LogP contribution in [0.25, 0.3) is 10.8 Å². The molecule has 0 aliphatic heterocycles. The number of aromatic nitrogens is 2. The highest BCUT2D eigenvalue weighted by Crippen LogP contribution is 2.23. The Morgan fingerprint density at radius 3 is 2.64 bits per heavy atom. The van der Waals surface area contributed by atoms with Gasteiger partial charge in [-0.1, -0.05) is 35.9 Å². The minimum absolute atomic E-state index is 0.145. The zero-order chi connectivity index (χ0) is 15.7. The fraction of sp³-hybridized carbons (Fsp3) is 0.0625. The van der Waals surface area contributed by atoms with Gasteiger partial charge in [-0.25, -0.2) is 5.10 Å². The van der Waals surface area contributed by atoms with Gasteiger partial charge in [0.15, 0.2) is 5.69 Å². The molecule has 0 atom stereocenters. The molecule has 0 radical (unpaired) electrons. The number of fused-ring (bicyclic) bond motifs is 1. The Hall–Kier alpha value is -2.66. The van der Waals surface area contributed by atoms with E-state index < -0.39 is 5.91 Å². The van der Waals surface area contributed by atoms with Crippen LogP contribution in [0.5, 0.6) is 0 Å². The molecule has 5 nitrogen and oxygen atoms in total. The number of benzene rings is 2. The molecule has 1 amide bonds. The van der Waals surface area contributed by atoms with Gasteiger partial charge >= 0.3 is 0 Å². The van der Waals surface area contributed by atoms with Crippen LogP contribution >= 0.6 is 11.6 Å². The number of nitrogens with zero attached hydrogens (tertiary/aromatic N) is 1. The molecule has 3 rings (SSSR count). The van der Waals surface area contributed by atoms with Crippen molar-refractivity contribution in [1.82, 2.24) is 10.2 Å². The predicted octanol–water partition coefficient (Wildman–Crippen LogP) is 3.14. The predicted molar refractivity (Wildman–Crippen MR) is 86.5 cm³/mol. The Kier molecular flexibility index (Phi) is 3.65. The number of carbonyl (C=O) groups is 1. The first-order valence-electron chi connectivity index (χ1n) is 6.61. The highest BCUT2D eigenvalue weighted by molar-refractivity contribution is 6.34. The summed E-state index contributed by atoms with van der Waals surface area (Å²) in [4.78, 5) is 24.2. The van der Waals surface area contributed by atoms with E-state index in [0.29, 0.717) is 21.5 Å². The molecule has 0 aliphatic rings. The lowest BCUT2D eigenvalue weighted by Crippen LogP contribution is -2.19. The maximum absolute atomic E-state index is 12.4. The summed E-state index contributed by atoms with van der Waals surface area (Å²) >= 11 is 6.11. The van der Waals surface area contributed by atoms with E-state index in [2.05, 4.69) is 15.5 Å². The summed E-state index contributed by atoms with van der Waals surface area (Å²) in [7, 11) is 0. The van der Waals surface area contributed by atoms with Gasteiger partial charge in [-0.2, -0.15) is 5.10 Å². The third kappa shape index (κ3) is 2.58. The van der Waals surface area contributed by atoms with Gasteiger partial charge in [-0.3, -0.25) is 9.59 Å². The van der Waals surface area contributed by atoms with Crippen LogP contribution in [0.2, 0.25) is 5.02 Å². The van der Waals surface area contributed by atoms with E-state index in [1.165, 1.54) is 0 Å². The van der Waals surface area contributed by atoms with E-state index in [-0.39, 0.29) is 11.3 Å². The Morgan fingerprint density at radius 1 is 1.18 bits per heavy atom. The Labute approximate surface area is 130 Å². The van der Waals surface area contributed by atoms with Crippen molar-refractivity contribution < 1.29 is 4.79 Å². The molecule has 0 fully saturated rings. The van der Waals surface area contributed by atoms with Gasteiger partial charge in [0.2, 0.25) is 0 Å². The quantitative estimate of drug-likeness (QED) is 0.763. The number of aromatic amines is 1. The number of hydrogen-bond donors (Lipinski definition) is 2. The second-order valence-corrected chi connectivity index (χ2v) is 5.29. The summed E-state index contributed by atoms with van der Waals surface area (Å²) in [6, 6.07) is 12.1. The van der Waals surface area contributed by atoms with Crippen LogP contribution in [-0.2, 0) is 0 Å². The maximum atomic E-state index is 12.4. The molecule has 1 heterocycles. The van der Waals surface area contributed by atoms with Gasteiger partial charge in [0, 0.05) is 5.39 Å². The first-order valence-corrected chi connectivity index (χ1v) is 6.99. The van der Waals surface area contributed by atoms with E-state index in [1.54, 1.807) is 36.4 Å². The lowest BCUT2D eigenvalue weighted by atomic mass is 10.1. The van der Waals surface area contributed by atoms with Gasteiger partial charge in [0.1, 0.15) is 0 Å². The van der Waals surface area contributed by atoms with Crippen molar-refractivity contribution in [2.75, 3.05) is 5.32 Å². The lowest BCUT2D eigenvalue weighted by molar-refractivity contribution is 0.102. The molecule has 0 aliphatic carbocycles. The smallest absolute Gasteiger partial charge is 0.276 e. The van der Waals surface area contributed by atoms with Crippen molar-refractivity contribution in [2.45, 2.75) is 6.92 Å². The van der Waals surface area contributed by atoms with Gasteiger partial charge < -0.3 is 5.32 Å². The van der Waals surface area contributed by atoms with Crippen LogP contribution in [0.4, 0.5) is 5.69 Å². The van der Waals surface area contributed by atoms with Gasteiger partial charge in [0.05, 0.1) is 16.1 Å². The second-order valence-electron chi connectivity index (χ2n) is 4.88. The summed E-state index contributed by atoms with van der Waals surface area (Å²) in [5, 5.41) is 10.3. The fourth-order valence-electron chi connectivity index (χ4n) is 2.19. The van der Waals surface area contributed by atoms with Gasteiger partial charge in [-0.05, 0) is 30.7 Å². The van der Waals surface area contributed by atoms with E-state index in [9.17, 15) is 9.59 Å². The van der Waals surface area contributed by atoms with Crippen molar-refractivity contribution in [3.8, 4) is 0 Å². The van der Waals surface area contributed by atoms with Crippen LogP contribution in [0.3, 0.4) is 0 Å². The zero-order valence-corrected chi connectivity index (χ0v) is 12.4. The largest absolute Gasteiger partial charge is 0.319 e. The summed E-state index contributed by atoms with van der Waals surface area (Å²) in [6.07, 6.45) is 0. The normalized spacial score (nSPS) is 10.6. The molecule has 2 N–H and O–H groups in total. The van der Waals surface area contributed by atoms with Crippen molar-refractivity contribution in [3.63, 3.8) is 0 Å². The Morgan fingerprint density at radius 2 is 1.91 bits per heavy atom. The van der Waals surface area contributed by atoms with Gasteiger partial charge in [0.25, 0.3) is 11.5 Å². The van der Waals surface area contributed by atoms with Crippen LogP contribution in [0.1, 0.15) is 16.1 Å². The third-order valence-corrected chi connectivity index (χ3v) is 3.60. The zero-order valence-electron chi connectivity index (χ0n) is 11.7. The number of H-pyrrole nitrogens is 1. The summed E-state index contributed by atoms with van der Waals surface area (Å²) < 4.78 is 0. The molecule has 0 unspecified atom stereocenters. The van der Waals surface area contributed by atoms with Crippen molar-refractivity contribution in [3.05, 3.63) is 69.1 Å². The number of halogens is 1. The standard InChI is InChI=1S/C16H12ClN3O2/c1-9-6-7-13(12(17)8-9)18-16(22)14-10-4-2-3-5-11(10)15(21)20-19-14/h2-8H,1H3,(H,18,22)(H,20,21). The first-order chi connectivity index (χ1) is 10.6. The summed E-state index contributed by atoms with van der Waals surface area (Å²) in [5.74, 6) is -0.432. The molecule has 0 saturated carbocycles. The number of carbonyl (C=O) groups excluding carboxylic acids is 1. The molecule has 0 saturated heterocycles. The average Bonchev–Trinajstić information content (AvgIpc) is 2.50. The number of hydrogen-bond acceptors (Lipinski definition) is 3. The summed E-state index contributed by atoms with van der Waals surface area (Å²) in [6.45, 7) is 1.91. The summed E-state index contributed by atoms with van der Waals surface area (Å²) in [5.41, 5.74) is 1.30. The Balaban J connectivity index is 2.03. The van der Waals surface area contributed by atoms with E-state index in [1.807, 2.05) is 13.0 Å². The number of rotatable bonds is 2. The minimum Gasteiger partial charge on any atom is -0.319 e. The number of nitrogens with one attached hydrogen (secondary N) is 2. The van der Waals surface area contributed by atoms with Gasteiger partial charge in [-0.15, -0.1) is 0 Å². The molecule has 22 heavy (non-hydrogen) atoms. The maximum Gasteiger partial charge on any atom is 0.276 e. The van der Waals surface area contributed by atoms with E-state index in [0.717, 1.165) is 5.56 Å². The molecular weight excluding hydrogens is 302 g/mol. The van der Waals surface area contributed by atoms with Crippen LogP contribution < -0.4 is 10.9 Å². The van der Waals surface area contributed by atoms with E-state index >= 15 is 0 Å². The van der Waals surface area contributed by atoms with Crippen LogP contribution in [0.15, 0.2) is 47.3 Å². The van der Waals surface area contributed by atoms with Crippen molar-refractivity contribution >= 4 is 34.0 Å². The fourth-order valence-corrected chi connectivity index (χ4v) is 2.47. The molecule has 0 bridgehead atoms. The van der Waals surface area contributed by atoms with Crippen LogP contribution in [-0.4, -0.2) is 16.1 Å². The topological polar surface area (TPSA) is 74.8 Å². The van der Waals surface area contributed by atoms with Crippen LogP contribution in [0, 0.1) is 6.92 Å². The molecule has 1 aromatic heterocycles. The molecular formula is C16H12ClN3O2. The highest BCUT2D eigenvalue weighted by Gasteiger charge is 2.15. The average molecular weight is 314 g/mol. The van der Waals surface area contributed by atoms with Crippen molar-refractivity contribution in [2.24, 2.45) is 0 Å². The third-order valence-electron chi connectivity index (χ3n) is 3.28. The number of anilines is 1. The first kappa shape index (κ1) is 14.3. The Bertz CT molecular complexity index is 934. The second kappa shape index (κ2) is 5.61. The SMILES string of the molecule is Cc1ccc(NC(=O)c2n[nH]c(=O)c3ccccc23)c(Cl)c1. The number of amides is 1. The monoisotopic (exact) mass is 313 g/mol. The molecule has 110 valence electrons. The highest BCUT2D eigenvalue weighted by atomic mass is 35.5. The van der Waals surface area contributed by atoms with E-state index in [4.69, 9.17) is 11.6 Å². The molecule has 6 heteroatoms.